The Kier molecular flexibility index (Phi) is 50.3. The van der Waals surface area contributed by atoms with Crippen molar-refractivity contribution in [1.29, 1.82) is 0 Å². The molecule has 1 aliphatic rings. The van der Waals surface area contributed by atoms with Gasteiger partial charge in [0, 0.05) is 36.4 Å². The van der Waals surface area contributed by atoms with E-state index >= 15 is 0 Å². The molecule has 1 aromatic carbocycles. The summed E-state index contributed by atoms with van der Waals surface area (Å²) in [5, 5.41) is 1.35. The van der Waals surface area contributed by atoms with Gasteiger partial charge in [-0.3, -0.25) is 6.08 Å². The van der Waals surface area contributed by atoms with E-state index in [1.807, 2.05) is 61.4 Å². The molecule has 0 aromatic heterocycles. The second-order valence-corrected chi connectivity index (χ2v) is 5.56. The Bertz CT molecular complexity index is 334. The van der Waals surface area contributed by atoms with Gasteiger partial charge >= 0.3 is 0 Å². The quantitative estimate of drug-likeness (QED) is 0.393. The van der Waals surface area contributed by atoms with Gasteiger partial charge in [-0.05, 0) is 0 Å². The molecule has 0 saturated heterocycles. The monoisotopic (exact) mass is 411 g/mol. The van der Waals surface area contributed by atoms with Crippen molar-refractivity contribution in [3.8, 4) is 0 Å². The number of benzene rings is 1. The summed E-state index contributed by atoms with van der Waals surface area (Å²) in [6.07, 6.45) is 10.0. The minimum absolute atomic E-state index is 0. The van der Waals surface area contributed by atoms with Crippen LogP contribution < -0.4 is 5.19 Å². The molecule has 0 heterocycles. The largest absolute Gasteiger partial charge is 1.00 e. The summed E-state index contributed by atoms with van der Waals surface area (Å²) < 4.78 is 0. The molecule has 0 fully saturated rings. The SMILES string of the molecule is CC(C)(C)[NH-].[C-]1=CC=CC1.[CH3-].[CH3-].[CH3-].[CH3-].[CH3-].[H-].[H-].[SiH2]c1ccccc1.[Zr]. The van der Waals surface area contributed by atoms with Crippen LogP contribution in [0.1, 0.15) is 30.0 Å². The molecule has 0 bridgehead atoms. The molecular formula is C20H39NSiZr-9. The zero-order valence-electron chi connectivity index (χ0n) is 18.5. The number of rotatable bonds is 0. The van der Waals surface area contributed by atoms with E-state index in [0.717, 1.165) is 6.42 Å². The molecule has 0 unspecified atom stereocenters. The van der Waals surface area contributed by atoms with Crippen molar-refractivity contribution in [1.82, 2.24) is 0 Å². The average molecular weight is 413 g/mol. The van der Waals surface area contributed by atoms with Crippen molar-refractivity contribution in [2.45, 2.75) is 32.7 Å². The molecule has 1 aromatic rings. The van der Waals surface area contributed by atoms with Crippen LogP contribution in [0.2, 0.25) is 0 Å². The van der Waals surface area contributed by atoms with Gasteiger partial charge < -0.3 is 45.7 Å². The van der Waals surface area contributed by atoms with Gasteiger partial charge in [-0.2, -0.15) is 6.08 Å². The predicted molar refractivity (Wildman–Crippen MR) is 115 cm³/mol. The minimum atomic E-state index is -0.250. The molecule has 3 heteroatoms. The molecular weight excluding hydrogens is 374 g/mol. The van der Waals surface area contributed by atoms with E-state index in [-0.39, 0.29) is 71.7 Å². The fourth-order valence-corrected chi connectivity index (χ4v) is 1.09. The van der Waals surface area contributed by atoms with Gasteiger partial charge in [0.05, 0.1) is 0 Å². The summed E-state index contributed by atoms with van der Waals surface area (Å²) in [7, 11) is 1.90. The van der Waals surface area contributed by atoms with E-state index < -0.39 is 0 Å². The summed E-state index contributed by atoms with van der Waals surface area (Å²) in [6.45, 7) is 5.56. The summed E-state index contributed by atoms with van der Waals surface area (Å²) in [5.41, 5.74) is 6.69. The van der Waals surface area contributed by atoms with E-state index in [4.69, 9.17) is 5.73 Å². The second-order valence-electron chi connectivity index (χ2n) is 4.74. The summed E-state index contributed by atoms with van der Waals surface area (Å²) in [4.78, 5) is 0. The first-order chi connectivity index (χ1) is 7.89. The third kappa shape index (κ3) is 52.2. The first-order valence-corrected chi connectivity index (χ1v) is 6.44. The molecule has 0 atom stereocenters. The predicted octanol–water partition coefficient (Wildman–Crippen LogP) is 5.56. The van der Waals surface area contributed by atoms with Crippen LogP contribution in [0.3, 0.4) is 0 Å². The maximum Gasteiger partial charge on any atom is 0.0477 e. The Morgan fingerprint density at radius 2 is 1.39 bits per heavy atom. The third-order valence-corrected chi connectivity index (χ3v) is 1.90. The Hall–Kier alpha value is -0.240. The van der Waals surface area contributed by atoms with Crippen LogP contribution in [0.25, 0.3) is 5.73 Å². The van der Waals surface area contributed by atoms with Crippen LogP contribution in [0, 0.1) is 43.2 Å². The van der Waals surface area contributed by atoms with Crippen molar-refractivity contribution in [2.24, 2.45) is 0 Å². The van der Waals surface area contributed by atoms with E-state index in [2.05, 4.69) is 24.3 Å². The Balaban J connectivity index is -0.0000000192. The zero-order chi connectivity index (χ0) is 13.1. The van der Waals surface area contributed by atoms with Crippen LogP contribution in [0.5, 0.6) is 0 Å². The van der Waals surface area contributed by atoms with Crippen molar-refractivity contribution in [3.63, 3.8) is 0 Å². The van der Waals surface area contributed by atoms with Crippen LogP contribution in [0.15, 0.2) is 48.6 Å². The van der Waals surface area contributed by atoms with Crippen LogP contribution >= 0.6 is 0 Å². The normalized spacial score (nSPS) is 9.09. The topological polar surface area (TPSA) is 23.8 Å². The summed E-state index contributed by atoms with van der Waals surface area (Å²) >= 11 is 0. The Labute approximate surface area is 174 Å². The standard InChI is InChI=1S/C6H7Si.C5H5.C4H10N.5CH3.Zr.2H/c7-6-4-2-1-3-5-6;1-2-4-5-3-1;1-4(2,3)5;;;;;;;;/h1-5H,7H2;1-3H,4H2;5H,1-3H3;5*1H3;;;/q;7*-1;;2*-1. The first kappa shape index (κ1) is 43.4. The zero-order valence-corrected chi connectivity index (χ0v) is 20.4. The van der Waals surface area contributed by atoms with Crippen LogP contribution in [0.4, 0.5) is 0 Å². The van der Waals surface area contributed by atoms with Crippen LogP contribution in [-0.2, 0) is 26.2 Å². The number of nitrogens with one attached hydrogen (secondary N) is 1. The number of hydrogen-bond acceptors (Lipinski definition) is 0. The van der Waals surface area contributed by atoms with Gasteiger partial charge in [-0.25, -0.2) is 12.2 Å². The van der Waals surface area contributed by atoms with Crippen molar-refractivity contribution in [2.75, 3.05) is 0 Å². The third-order valence-electron chi connectivity index (χ3n) is 1.43. The second kappa shape index (κ2) is 26.6. The van der Waals surface area contributed by atoms with Gasteiger partial charge in [0.2, 0.25) is 0 Å². The molecule has 1 aliphatic carbocycles. The van der Waals surface area contributed by atoms with Crippen molar-refractivity contribution >= 4 is 15.4 Å². The molecule has 1 radical (unpaired) electrons. The summed E-state index contributed by atoms with van der Waals surface area (Å²) in [6, 6.07) is 10.3. The Morgan fingerprint density at radius 1 is 1.00 bits per heavy atom. The van der Waals surface area contributed by atoms with Crippen molar-refractivity contribution < 1.29 is 29.1 Å². The maximum atomic E-state index is 6.94. The molecule has 1 nitrogen and oxygen atoms in total. The molecule has 0 aliphatic heterocycles. The van der Waals surface area contributed by atoms with Gasteiger partial charge in [0.1, 0.15) is 0 Å². The molecule has 23 heavy (non-hydrogen) atoms. The molecule has 2 rings (SSSR count). The summed E-state index contributed by atoms with van der Waals surface area (Å²) in [5.74, 6) is 0. The van der Waals surface area contributed by atoms with Crippen LogP contribution in [-0.4, -0.2) is 15.8 Å². The van der Waals surface area contributed by atoms with Gasteiger partial charge in [-0.1, -0.05) is 56.3 Å². The number of hydrogen-bond donors (Lipinski definition) is 0. The van der Waals surface area contributed by atoms with Gasteiger partial charge in [0.15, 0.2) is 0 Å². The molecule has 0 amide bonds. The van der Waals surface area contributed by atoms with Gasteiger partial charge in [0.25, 0.3) is 0 Å². The van der Waals surface area contributed by atoms with E-state index in [0.29, 0.717) is 0 Å². The number of allylic oxidation sites excluding steroid dienone is 4. The van der Waals surface area contributed by atoms with E-state index in [1.165, 1.54) is 5.19 Å². The first-order valence-electron chi connectivity index (χ1n) is 5.73. The fourth-order valence-electron chi connectivity index (χ4n) is 0.818. The molecule has 141 valence electrons. The van der Waals surface area contributed by atoms with Crippen molar-refractivity contribution in [3.05, 3.63) is 97.5 Å². The molecule has 0 saturated carbocycles. The Morgan fingerprint density at radius 3 is 1.52 bits per heavy atom. The minimum Gasteiger partial charge on any atom is -1.00 e. The smallest absolute Gasteiger partial charge is 0.0477 e. The van der Waals surface area contributed by atoms with E-state index in [1.54, 1.807) is 0 Å². The van der Waals surface area contributed by atoms with Gasteiger partial charge in [-0.15, -0.1) is 12.0 Å². The maximum absolute atomic E-state index is 6.94. The fraction of sp³-hybridized carbons (Fsp3) is 0.250. The molecule has 0 spiro atoms. The average Bonchev–Trinajstić information content (AvgIpc) is 2.73. The van der Waals surface area contributed by atoms with E-state index in [9.17, 15) is 0 Å². The molecule has 1 N–H and O–H groups in total.